The Kier molecular flexibility index (Phi) is 6.34. The molecule has 0 bridgehead atoms. The topological polar surface area (TPSA) is 151 Å². The number of alkyl halides is 1. The van der Waals surface area contributed by atoms with Crippen LogP contribution < -0.4 is 15.5 Å². The first-order valence-corrected chi connectivity index (χ1v) is 14.5. The first-order chi connectivity index (χ1) is 21.0. The van der Waals surface area contributed by atoms with E-state index < -0.39 is 17.5 Å². The van der Waals surface area contributed by atoms with Crippen LogP contribution in [0.5, 0.6) is 0 Å². The van der Waals surface area contributed by atoms with Crippen LogP contribution in [-0.2, 0) is 15.3 Å². The quantitative estimate of drug-likeness (QED) is 0.289. The van der Waals surface area contributed by atoms with E-state index in [0.717, 1.165) is 23.3 Å². The highest BCUT2D eigenvalue weighted by Gasteiger charge is 2.63. The monoisotopic (exact) mass is 598 g/mol. The standard InChI is InChI=1S/C30H31FN10O3/c1-15-7-8-32-28(33-15)30(31)11-20(30)27(43)38-24-10-23(35-17(3)36-24)34-16(2)21-13-40-12-19(18-5-6-18)9-22(26(40)37-21)41-14-25(42)39(4)29(41)44/h7-10,12-13,16,18,20H,5-6,11,14H2,1-4H3,(H2,34,35,36,38,43)/t16-,20-,30-/m1/s1. The van der Waals surface area contributed by atoms with Crippen molar-refractivity contribution in [2.45, 2.75) is 57.7 Å². The number of amides is 4. The Hall–Kier alpha value is -5.01. The maximum absolute atomic E-state index is 15.4. The number of fused-ring (bicyclic) bond motifs is 1. The number of carbonyl (C=O) groups is 3. The van der Waals surface area contributed by atoms with E-state index in [9.17, 15) is 14.4 Å². The maximum Gasteiger partial charge on any atom is 0.331 e. The summed E-state index contributed by atoms with van der Waals surface area (Å²) < 4.78 is 17.3. The highest BCUT2D eigenvalue weighted by Crippen LogP contribution is 2.54. The summed E-state index contributed by atoms with van der Waals surface area (Å²) in [5, 5.41) is 6.03. The molecule has 0 unspecified atom stereocenters. The third-order valence-corrected chi connectivity index (χ3v) is 8.37. The third kappa shape index (κ3) is 4.89. The minimum absolute atomic E-state index is 0.000298. The number of aromatic nitrogens is 6. The van der Waals surface area contributed by atoms with Gasteiger partial charge in [0, 0.05) is 43.8 Å². The number of nitrogens with one attached hydrogen (secondary N) is 2. The first-order valence-electron chi connectivity index (χ1n) is 14.5. The number of likely N-dealkylation sites (N-methyl/N-ethyl adjacent to an activating group) is 1. The molecule has 2 N–H and O–H groups in total. The van der Waals surface area contributed by atoms with E-state index in [1.165, 1.54) is 18.1 Å². The van der Waals surface area contributed by atoms with Crippen LogP contribution >= 0.6 is 0 Å². The number of hydrogen-bond acceptors (Lipinski definition) is 9. The van der Waals surface area contributed by atoms with Crippen LogP contribution in [0.4, 0.5) is 26.5 Å². The molecular formula is C30H31FN10O3. The molecule has 0 spiro atoms. The van der Waals surface area contributed by atoms with Crippen molar-refractivity contribution in [3.8, 4) is 0 Å². The number of imidazole rings is 1. The normalized spacial score (nSPS) is 22.1. The Morgan fingerprint density at radius 2 is 1.86 bits per heavy atom. The molecule has 44 heavy (non-hydrogen) atoms. The van der Waals surface area contributed by atoms with Crippen LogP contribution in [0.1, 0.15) is 66.7 Å². The second-order valence-electron chi connectivity index (χ2n) is 11.8. The van der Waals surface area contributed by atoms with E-state index in [-0.39, 0.29) is 42.6 Å². The van der Waals surface area contributed by atoms with E-state index in [4.69, 9.17) is 4.98 Å². The lowest BCUT2D eigenvalue weighted by atomic mass is 10.1. The largest absolute Gasteiger partial charge is 0.362 e. The molecule has 5 heterocycles. The molecular weight excluding hydrogens is 567 g/mol. The van der Waals surface area contributed by atoms with Gasteiger partial charge in [0.05, 0.1) is 23.3 Å². The summed E-state index contributed by atoms with van der Waals surface area (Å²) in [7, 11) is 1.48. The second kappa shape index (κ2) is 10.0. The number of nitrogens with zero attached hydrogens (tertiary/aromatic N) is 8. The zero-order chi connectivity index (χ0) is 30.9. The van der Waals surface area contributed by atoms with Gasteiger partial charge in [-0.05, 0) is 57.2 Å². The maximum atomic E-state index is 15.4. The smallest absolute Gasteiger partial charge is 0.331 e. The Labute approximate surface area is 251 Å². The van der Waals surface area contributed by atoms with E-state index >= 15 is 4.39 Å². The summed E-state index contributed by atoms with van der Waals surface area (Å²) in [4.78, 5) is 62.5. The fourth-order valence-electron chi connectivity index (χ4n) is 5.60. The summed E-state index contributed by atoms with van der Waals surface area (Å²) in [6, 6.07) is 4.52. The van der Waals surface area contributed by atoms with Crippen LogP contribution in [0.2, 0.25) is 0 Å². The van der Waals surface area contributed by atoms with Gasteiger partial charge in [-0.15, -0.1) is 0 Å². The molecule has 2 aliphatic carbocycles. The van der Waals surface area contributed by atoms with Gasteiger partial charge in [0.25, 0.3) is 0 Å². The van der Waals surface area contributed by atoms with Gasteiger partial charge >= 0.3 is 6.03 Å². The predicted molar refractivity (Wildman–Crippen MR) is 158 cm³/mol. The molecule has 4 aromatic heterocycles. The Bertz CT molecular complexity index is 1860. The number of hydrogen-bond donors (Lipinski definition) is 2. The summed E-state index contributed by atoms with van der Waals surface area (Å²) in [5.41, 5.74) is 1.67. The SMILES string of the molecule is Cc1ccnc([C@@]2(F)C[C@@H]2C(=O)Nc2cc(N[C@H](C)c3cn4cc(C5CC5)cc(N5CC(=O)N(C)C5=O)c4n3)nc(C)n2)n1. The van der Waals surface area contributed by atoms with Crippen molar-refractivity contribution in [2.75, 3.05) is 29.1 Å². The molecule has 0 radical (unpaired) electrons. The molecule has 7 rings (SSSR count). The van der Waals surface area contributed by atoms with Crippen molar-refractivity contribution < 1.29 is 18.8 Å². The van der Waals surface area contributed by atoms with E-state index in [2.05, 4.69) is 30.6 Å². The van der Waals surface area contributed by atoms with Gasteiger partial charge in [-0.1, -0.05) is 0 Å². The molecule has 226 valence electrons. The van der Waals surface area contributed by atoms with Crippen molar-refractivity contribution in [1.82, 2.24) is 34.2 Å². The number of urea groups is 1. The number of rotatable bonds is 8. The van der Waals surface area contributed by atoms with Crippen LogP contribution in [-0.4, -0.2) is 65.7 Å². The summed E-state index contributed by atoms with van der Waals surface area (Å²) in [5.74, 6) is -0.154. The molecule has 1 aliphatic heterocycles. The second-order valence-corrected chi connectivity index (χ2v) is 11.8. The fourth-order valence-corrected chi connectivity index (χ4v) is 5.60. The Balaban J connectivity index is 1.11. The zero-order valence-corrected chi connectivity index (χ0v) is 24.7. The van der Waals surface area contributed by atoms with Gasteiger partial charge in [0.2, 0.25) is 11.8 Å². The van der Waals surface area contributed by atoms with Crippen molar-refractivity contribution in [2.24, 2.45) is 5.92 Å². The van der Waals surface area contributed by atoms with Crippen molar-refractivity contribution in [3.05, 3.63) is 65.4 Å². The highest BCUT2D eigenvalue weighted by molar-refractivity contribution is 6.13. The third-order valence-electron chi connectivity index (χ3n) is 8.37. The minimum atomic E-state index is -1.91. The average Bonchev–Trinajstić information content (AvgIpc) is 3.88. The van der Waals surface area contributed by atoms with Crippen molar-refractivity contribution in [1.29, 1.82) is 0 Å². The highest BCUT2D eigenvalue weighted by atomic mass is 19.1. The summed E-state index contributed by atoms with van der Waals surface area (Å²) in [6.07, 6.45) is 7.57. The number of carbonyl (C=O) groups excluding carboxylic acids is 3. The van der Waals surface area contributed by atoms with Crippen molar-refractivity contribution in [3.63, 3.8) is 0 Å². The lowest BCUT2D eigenvalue weighted by Crippen LogP contribution is -2.30. The van der Waals surface area contributed by atoms with Crippen LogP contribution in [0.3, 0.4) is 0 Å². The van der Waals surface area contributed by atoms with E-state index in [1.807, 2.05) is 29.8 Å². The Morgan fingerprint density at radius 3 is 2.57 bits per heavy atom. The molecule has 13 nitrogen and oxygen atoms in total. The number of halogens is 1. The predicted octanol–water partition coefficient (Wildman–Crippen LogP) is 3.80. The molecule has 3 fully saturated rings. The van der Waals surface area contributed by atoms with Gasteiger partial charge in [-0.2, -0.15) is 0 Å². The van der Waals surface area contributed by atoms with Crippen LogP contribution in [0, 0.1) is 19.8 Å². The van der Waals surface area contributed by atoms with E-state index in [0.29, 0.717) is 40.3 Å². The molecule has 4 amide bonds. The summed E-state index contributed by atoms with van der Waals surface area (Å²) in [6.45, 7) is 5.33. The number of imide groups is 1. The lowest BCUT2D eigenvalue weighted by Gasteiger charge is -2.17. The Morgan fingerprint density at radius 1 is 1.09 bits per heavy atom. The molecule has 2 saturated carbocycles. The van der Waals surface area contributed by atoms with Gasteiger partial charge in [0.1, 0.15) is 24.0 Å². The lowest BCUT2D eigenvalue weighted by molar-refractivity contribution is -0.124. The van der Waals surface area contributed by atoms with Gasteiger partial charge in [-0.3, -0.25) is 19.4 Å². The number of pyridine rings is 1. The molecule has 3 aliphatic rings. The summed E-state index contributed by atoms with van der Waals surface area (Å²) >= 11 is 0. The van der Waals surface area contributed by atoms with Crippen molar-refractivity contribution >= 4 is 40.8 Å². The van der Waals surface area contributed by atoms with Gasteiger partial charge in [0.15, 0.2) is 17.1 Å². The van der Waals surface area contributed by atoms with Crippen LogP contribution in [0.15, 0.2) is 36.8 Å². The van der Waals surface area contributed by atoms with Gasteiger partial charge in [-0.25, -0.2) is 34.1 Å². The first kappa shape index (κ1) is 27.8. The number of anilines is 3. The zero-order valence-electron chi connectivity index (χ0n) is 24.7. The van der Waals surface area contributed by atoms with Gasteiger partial charge < -0.3 is 15.0 Å². The van der Waals surface area contributed by atoms with Crippen LogP contribution in [0.25, 0.3) is 5.65 Å². The minimum Gasteiger partial charge on any atom is -0.362 e. The fraction of sp³-hybridized carbons (Fsp3) is 0.400. The number of aryl methyl sites for hydroxylation is 2. The van der Waals surface area contributed by atoms with E-state index in [1.54, 1.807) is 26.0 Å². The molecule has 14 heteroatoms. The molecule has 1 saturated heterocycles. The molecule has 3 atom stereocenters. The molecule has 0 aromatic carbocycles. The molecule has 4 aromatic rings. The average molecular weight is 599 g/mol.